The molecule has 0 amide bonds. The van der Waals surface area contributed by atoms with Crippen molar-refractivity contribution in [3.63, 3.8) is 0 Å². The molecule has 0 heterocycles. The Morgan fingerprint density at radius 3 is 0.371 bits per heavy atom. The monoisotopic (exact) mass is 1090 g/mol. The molecule has 35 heavy (non-hydrogen) atoms. The van der Waals surface area contributed by atoms with Crippen LogP contribution in [0.15, 0.2) is 0 Å². The molecule has 204 valence electrons. The zero-order valence-corrected chi connectivity index (χ0v) is 30.4. The minimum Gasteiger partial charge on any atom is -0.808 e. The van der Waals surface area contributed by atoms with Crippen molar-refractivity contribution in [1.82, 2.24) is 0 Å². The van der Waals surface area contributed by atoms with Crippen LogP contribution in [0.1, 0.15) is 0 Å². The Balaban J connectivity index is -0.000000125. The molecule has 0 saturated heterocycles. The average Bonchev–Trinajstić information content (AvgIpc) is 2.41. The summed E-state index contributed by atoms with van der Waals surface area (Å²) in [6.07, 6.45) is 0. The van der Waals surface area contributed by atoms with Gasteiger partial charge >= 0.3 is 42.1 Å². The average molecular weight is 1090 g/mol. The van der Waals surface area contributed by atoms with Crippen molar-refractivity contribution in [2.75, 3.05) is 0 Å². The predicted molar refractivity (Wildman–Crippen MR) is 88.9 cm³/mol. The molecule has 0 unspecified atom stereocenters. The van der Waals surface area contributed by atoms with Crippen LogP contribution >= 0.6 is 115 Å². The summed E-state index contributed by atoms with van der Waals surface area (Å²) in [4.78, 5) is 119. The molecule has 0 aliphatic heterocycles. The van der Waals surface area contributed by atoms with Gasteiger partial charge in [0.1, 0.15) is 0 Å². The zero-order chi connectivity index (χ0) is 28.5. The van der Waals surface area contributed by atoms with E-state index in [9.17, 15) is 86.1 Å². The van der Waals surface area contributed by atoms with Gasteiger partial charge in [0.2, 0.25) is 0 Å². The standard InChI is InChI=1S/3CH4Cl2O6P2.2W/c3*2-1(3,10(4,5)6)11(7,8)9;;/h3*(H2,4,5,6)(H2,7,8,9);;/q;;;2*+6/p-12. The largest absolute Gasteiger partial charge is 6.00 e. The van der Waals surface area contributed by atoms with Crippen molar-refractivity contribution >= 4 is 115 Å². The fraction of sp³-hybridized carbons (Fsp3) is 1.00. The Bertz CT molecular complexity index is 768. The van der Waals surface area contributed by atoms with Crippen molar-refractivity contribution in [1.29, 1.82) is 0 Å². The van der Waals surface area contributed by atoms with Crippen LogP contribution in [0.2, 0.25) is 0 Å². The first-order chi connectivity index (χ1) is 13.5. The van der Waals surface area contributed by atoms with Crippen LogP contribution in [0, 0.1) is 0 Å². The van der Waals surface area contributed by atoms with E-state index in [4.69, 9.17) is 0 Å². The maximum atomic E-state index is 9.94. The SMILES string of the molecule is O=P([O-])([O-])C(Cl)(Cl)P(=O)([O-])[O-].O=P([O-])([O-])C(Cl)(Cl)P(=O)([O-])[O-].O=P([O-])([O-])C(Cl)(Cl)P(=O)([O-])[O-].[W+6].[W+6]. The fourth-order valence-corrected chi connectivity index (χ4v) is 4.05. The second-order valence-electron chi connectivity index (χ2n) is 4.51. The first-order valence-electron chi connectivity index (χ1n) is 5.76. The Morgan fingerprint density at radius 2 is 0.371 bits per heavy atom. The minimum atomic E-state index is -5.85. The van der Waals surface area contributed by atoms with Crippen molar-refractivity contribution in [3.8, 4) is 0 Å². The van der Waals surface area contributed by atoms with Gasteiger partial charge in [-0.1, -0.05) is 69.6 Å². The number of rotatable bonds is 6. The van der Waals surface area contributed by atoms with Gasteiger partial charge in [-0.05, 0) is 45.6 Å². The van der Waals surface area contributed by atoms with Crippen molar-refractivity contribution < 1.29 is 128 Å². The maximum absolute atomic E-state index is 9.94. The summed E-state index contributed by atoms with van der Waals surface area (Å²) in [5, 5.41) is 0. The minimum absolute atomic E-state index is 0. The summed E-state index contributed by atoms with van der Waals surface area (Å²) >= 11 is 26.9. The third-order valence-electron chi connectivity index (χ3n) is 1.98. The molecule has 0 aromatic rings. The fourth-order valence-electron chi connectivity index (χ4n) is 0.450. The normalized spacial score (nSPS) is 14.2. The maximum Gasteiger partial charge on any atom is 6.00 e. The molecule has 0 rings (SSSR count). The number of hydrogen-bond acceptors (Lipinski definition) is 18. The Morgan fingerprint density at radius 1 is 0.314 bits per heavy atom. The molecule has 0 aliphatic rings. The smallest absolute Gasteiger partial charge is 0.808 e. The van der Waals surface area contributed by atoms with Crippen molar-refractivity contribution in [2.24, 2.45) is 0 Å². The van der Waals surface area contributed by atoms with E-state index >= 15 is 0 Å². The van der Waals surface area contributed by atoms with Crippen LogP contribution in [0.25, 0.3) is 0 Å². The van der Waals surface area contributed by atoms with Crippen LogP contribution in [-0.2, 0) is 69.5 Å². The second-order valence-corrected chi connectivity index (χ2v) is 22.7. The molecular formula is C3Cl6O18P6W2. The van der Waals surface area contributed by atoms with Crippen LogP contribution in [-0.4, -0.2) is 11.4 Å². The van der Waals surface area contributed by atoms with E-state index in [-0.39, 0.29) is 42.1 Å². The van der Waals surface area contributed by atoms with Crippen molar-refractivity contribution in [2.45, 2.75) is 11.4 Å². The molecule has 18 nitrogen and oxygen atoms in total. The molecule has 0 radical (unpaired) electrons. The van der Waals surface area contributed by atoms with Gasteiger partial charge in [-0.25, -0.2) is 0 Å². The summed E-state index contributed by atoms with van der Waals surface area (Å²) in [5.74, 6) is 0. The Hall–Kier alpha value is 4.02. The van der Waals surface area contributed by atoms with E-state index in [1.165, 1.54) is 0 Å². The first kappa shape index (κ1) is 48.7. The van der Waals surface area contributed by atoms with Gasteiger partial charge in [0, 0.05) is 0 Å². The van der Waals surface area contributed by atoms with E-state index in [2.05, 4.69) is 69.6 Å². The number of hydrogen-bond donors (Lipinski definition) is 0. The molecule has 0 N–H and O–H groups in total. The van der Waals surface area contributed by atoms with Gasteiger partial charge < -0.3 is 86.1 Å². The summed E-state index contributed by atoms with van der Waals surface area (Å²) in [6, 6.07) is 0. The van der Waals surface area contributed by atoms with Gasteiger partial charge in [0.15, 0.2) is 11.4 Å². The molecule has 0 fully saturated rings. The quantitative estimate of drug-likeness (QED) is 0.176. The van der Waals surface area contributed by atoms with Crippen LogP contribution in [0.5, 0.6) is 0 Å². The third-order valence-corrected chi connectivity index (χ3v) is 17.8. The van der Waals surface area contributed by atoms with Crippen LogP contribution in [0.3, 0.4) is 0 Å². The summed E-state index contributed by atoms with van der Waals surface area (Å²) in [6.45, 7) is 0. The molecular weight excluding hydrogens is 1090 g/mol. The van der Waals surface area contributed by atoms with Gasteiger partial charge in [0.25, 0.3) is 0 Å². The number of halogens is 6. The summed E-state index contributed by atoms with van der Waals surface area (Å²) < 4.78 is 48.2. The topological polar surface area (TPSA) is 379 Å². The van der Waals surface area contributed by atoms with Gasteiger partial charge in [-0.15, -0.1) is 0 Å². The van der Waals surface area contributed by atoms with E-state index in [0.29, 0.717) is 0 Å². The zero-order valence-electron chi connectivity index (χ0n) is 14.6. The molecule has 0 spiro atoms. The van der Waals surface area contributed by atoms with Gasteiger partial charge in [-0.3, -0.25) is 0 Å². The Labute approximate surface area is 252 Å². The molecule has 0 aliphatic carbocycles. The molecule has 0 bridgehead atoms. The van der Waals surface area contributed by atoms with Gasteiger partial charge in [0.05, 0.1) is 0 Å². The third kappa shape index (κ3) is 14.7. The molecule has 0 saturated carbocycles. The van der Waals surface area contributed by atoms with E-state index < -0.39 is 57.0 Å². The second kappa shape index (κ2) is 15.5. The summed E-state index contributed by atoms with van der Waals surface area (Å²) in [7, 11) is -35.1. The Kier molecular flexibility index (Phi) is 21.5. The molecule has 0 aromatic heterocycles. The predicted octanol–water partition coefficient (Wildman–Crippen LogP) is -6.30. The first-order valence-corrected chi connectivity index (χ1v) is 17.3. The summed E-state index contributed by atoms with van der Waals surface area (Å²) in [5.41, 5.74) is 0. The van der Waals surface area contributed by atoms with E-state index in [0.717, 1.165) is 0 Å². The van der Waals surface area contributed by atoms with E-state index in [1.54, 1.807) is 0 Å². The number of alkyl halides is 6. The molecule has 0 atom stereocenters. The molecule has 0 aromatic carbocycles. The molecule has 32 heteroatoms. The van der Waals surface area contributed by atoms with Crippen LogP contribution in [0.4, 0.5) is 0 Å². The van der Waals surface area contributed by atoms with E-state index in [1.807, 2.05) is 0 Å². The van der Waals surface area contributed by atoms with Crippen molar-refractivity contribution in [3.05, 3.63) is 0 Å². The van der Waals surface area contributed by atoms with Gasteiger partial charge in [-0.2, -0.15) is 0 Å². The van der Waals surface area contributed by atoms with Crippen LogP contribution < -0.4 is 58.7 Å².